The summed E-state index contributed by atoms with van der Waals surface area (Å²) in [6.45, 7) is 1.99. The Labute approximate surface area is 116 Å². The number of carbonyl (C=O) groups is 1. The SMILES string of the molecule is CCc1ccc(C(=O)c2cc(Br)ccc2Br)o1. The lowest BCUT2D eigenvalue weighted by molar-refractivity contribution is 0.101. The summed E-state index contributed by atoms with van der Waals surface area (Å²) in [5.74, 6) is 1.08. The molecule has 1 aromatic heterocycles. The first-order valence-corrected chi connectivity index (χ1v) is 6.79. The average Bonchev–Trinajstić information content (AvgIpc) is 2.80. The van der Waals surface area contributed by atoms with Crippen LogP contribution in [0.1, 0.15) is 28.8 Å². The summed E-state index contributed by atoms with van der Waals surface area (Å²) in [7, 11) is 0. The molecule has 2 rings (SSSR count). The van der Waals surface area contributed by atoms with Gasteiger partial charge in [-0.3, -0.25) is 4.79 Å². The molecule has 0 fully saturated rings. The van der Waals surface area contributed by atoms with Crippen LogP contribution in [0.25, 0.3) is 0 Å². The molecule has 0 aliphatic heterocycles. The van der Waals surface area contributed by atoms with E-state index in [0.717, 1.165) is 21.1 Å². The topological polar surface area (TPSA) is 30.2 Å². The van der Waals surface area contributed by atoms with Gasteiger partial charge in [-0.25, -0.2) is 0 Å². The van der Waals surface area contributed by atoms with Crippen LogP contribution >= 0.6 is 31.9 Å². The Morgan fingerprint density at radius 3 is 2.65 bits per heavy atom. The second kappa shape index (κ2) is 5.19. The third-order valence-electron chi connectivity index (χ3n) is 2.41. The normalized spacial score (nSPS) is 10.5. The maximum Gasteiger partial charge on any atom is 0.229 e. The zero-order valence-corrected chi connectivity index (χ0v) is 12.3. The molecule has 2 aromatic rings. The number of benzene rings is 1. The van der Waals surface area contributed by atoms with Gasteiger partial charge < -0.3 is 4.42 Å². The number of rotatable bonds is 3. The van der Waals surface area contributed by atoms with Crippen LogP contribution in [0.5, 0.6) is 0 Å². The molecule has 0 amide bonds. The van der Waals surface area contributed by atoms with E-state index in [1.807, 2.05) is 25.1 Å². The third-order valence-corrected chi connectivity index (χ3v) is 3.59. The van der Waals surface area contributed by atoms with Gasteiger partial charge in [0.25, 0.3) is 0 Å². The van der Waals surface area contributed by atoms with E-state index in [4.69, 9.17) is 4.42 Å². The molecule has 0 saturated heterocycles. The Hall–Kier alpha value is -0.870. The molecule has 0 unspecified atom stereocenters. The van der Waals surface area contributed by atoms with Gasteiger partial charge in [-0.15, -0.1) is 0 Å². The quantitative estimate of drug-likeness (QED) is 0.751. The van der Waals surface area contributed by atoms with Gasteiger partial charge in [-0.2, -0.15) is 0 Å². The van der Waals surface area contributed by atoms with Crippen molar-refractivity contribution in [2.45, 2.75) is 13.3 Å². The molecule has 1 heterocycles. The fourth-order valence-electron chi connectivity index (χ4n) is 1.49. The predicted molar refractivity (Wildman–Crippen MR) is 73.4 cm³/mol. The van der Waals surface area contributed by atoms with Gasteiger partial charge >= 0.3 is 0 Å². The fraction of sp³-hybridized carbons (Fsp3) is 0.154. The van der Waals surface area contributed by atoms with E-state index < -0.39 is 0 Å². The van der Waals surface area contributed by atoms with Gasteiger partial charge in [0.05, 0.1) is 0 Å². The van der Waals surface area contributed by atoms with Crippen molar-refractivity contribution in [3.05, 3.63) is 56.4 Å². The maximum atomic E-state index is 12.2. The highest BCUT2D eigenvalue weighted by atomic mass is 79.9. The Morgan fingerprint density at radius 2 is 2.00 bits per heavy atom. The highest BCUT2D eigenvalue weighted by Crippen LogP contribution is 2.24. The summed E-state index contributed by atoms with van der Waals surface area (Å²) >= 11 is 6.72. The molecular formula is C13H10Br2O2. The smallest absolute Gasteiger partial charge is 0.229 e. The maximum absolute atomic E-state index is 12.2. The Bertz CT molecular complexity index is 558. The molecule has 0 saturated carbocycles. The Balaban J connectivity index is 2.39. The van der Waals surface area contributed by atoms with Crippen molar-refractivity contribution in [1.29, 1.82) is 0 Å². The minimum Gasteiger partial charge on any atom is -0.458 e. The van der Waals surface area contributed by atoms with Crippen LogP contribution in [-0.4, -0.2) is 5.78 Å². The summed E-state index contributed by atoms with van der Waals surface area (Å²) in [5.41, 5.74) is 0.594. The van der Waals surface area contributed by atoms with Crippen LogP contribution in [0.3, 0.4) is 0 Å². The highest BCUT2D eigenvalue weighted by molar-refractivity contribution is 9.11. The molecule has 0 spiro atoms. The molecule has 17 heavy (non-hydrogen) atoms. The molecule has 0 N–H and O–H groups in total. The second-order valence-electron chi connectivity index (χ2n) is 3.57. The minimum atomic E-state index is -0.113. The molecule has 0 radical (unpaired) electrons. The molecule has 2 nitrogen and oxygen atoms in total. The summed E-state index contributed by atoms with van der Waals surface area (Å²) in [6.07, 6.45) is 0.785. The molecule has 4 heteroatoms. The number of carbonyl (C=O) groups excluding carboxylic acids is 1. The van der Waals surface area contributed by atoms with Gasteiger partial charge in [-0.05, 0) is 30.3 Å². The van der Waals surface area contributed by atoms with Crippen molar-refractivity contribution in [2.75, 3.05) is 0 Å². The summed E-state index contributed by atoms with van der Waals surface area (Å²) in [6, 6.07) is 9.04. The molecule has 88 valence electrons. The number of hydrogen-bond acceptors (Lipinski definition) is 2. The average molecular weight is 358 g/mol. The predicted octanol–water partition coefficient (Wildman–Crippen LogP) is 4.60. The van der Waals surface area contributed by atoms with E-state index in [1.165, 1.54) is 0 Å². The summed E-state index contributed by atoms with van der Waals surface area (Å²) in [5, 5.41) is 0. The van der Waals surface area contributed by atoms with Crippen molar-refractivity contribution in [3.63, 3.8) is 0 Å². The van der Waals surface area contributed by atoms with Gasteiger partial charge in [0.2, 0.25) is 5.78 Å². The lowest BCUT2D eigenvalue weighted by Gasteiger charge is -2.02. The van der Waals surface area contributed by atoms with E-state index in [1.54, 1.807) is 12.1 Å². The summed E-state index contributed by atoms with van der Waals surface area (Å²) in [4.78, 5) is 12.2. The van der Waals surface area contributed by atoms with Crippen molar-refractivity contribution in [3.8, 4) is 0 Å². The number of furan rings is 1. The van der Waals surface area contributed by atoms with Crippen LogP contribution < -0.4 is 0 Å². The van der Waals surface area contributed by atoms with E-state index in [-0.39, 0.29) is 5.78 Å². The van der Waals surface area contributed by atoms with Crippen LogP contribution in [-0.2, 0) is 6.42 Å². The molecule has 0 atom stereocenters. The first-order valence-electron chi connectivity index (χ1n) is 5.20. The van der Waals surface area contributed by atoms with Gasteiger partial charge in [0.1, 0.15) is 5.76 Å². The number of ketones is 1. The zero-order chi connectivity index (χ0) is 12.4. The molecule has 1 aromatic carbocycles. The number of halogens is 2. The van der Waals surface area contributed by atoms with Crippen LogP contribution in [0.4, 0.5) is 0 Å². The first kappa shape index (κ1) is 12.6. The van der Waals surface area contributed by atoms with Gasteiger partial charge in [-0.1, -0.05) is 38.8 Å². The number of hydrogen-bond donors (Lipinski definition) is 0. The molecular weight excluding hydrogens is 348 g/mol. The Kier molecular flexibility index (Phi) is 3.84. The molecule has 0 aliphatic rings. The van der Waals surface area contributed by atoms with Crippen molar-refractivity contribution in [2.24, 2.45) is 0 Å². The highest BCUT2D eigenvalue weighted by Gasteiger charge is 2.16. The van der Waals surface area contributed by atoms with Crippen molar-refractivity contribution < 1.29 is 9.21 Å². The lowest BCUT2D eigenvalue weighted by atomic mass is 10.1. The van der Waals surface area contributed by atoms with E-state index in [9.17, 15) is 4.79 Å². The van der Waals surface area contributed by atoms with Crippen LogP contribution in [0.2, 0.25) is 0 Å². The van der Waals surface area contributed by atoms with Gasteiger partial charge in [0.15, 0.2) is 5.76 Å². The van der Waals surface area contributed by atoms with Crippen molar-refractivity contribution >= 4 is 37.6 Å². The minimum absolute atomic E-state index is 0.113. The largest absolute Gasteiger partial charge is 0.458 e. The van der Waals surface area contributed by atoms with Crippen LogP contribution in [0.15, 0.2) is 43.7 Å². The fourth-order valence-corrected chi connectivity index (χ4v) is 2.28. The third kappa shape index (κ3) is 2.69. The monoisotopic (exact) mass is 356 g/mol. The lowest BCUT2D eigenvalue weighted by Crippen LogP contribution is -2.00. The standard InChI is InChI=1S/C13H10Br2O2/c1-2-9-4-6-12(17-9)13(16)10-7-8(14)3-5-11(10)15/h3-7H,2H2,1H3. The van der Waals surface area contributed by atoms with E-state index in [2.05, 4.69) is 31.9 Å². The second-order valence-corrected chi connectivity index (χ2v) is 5.34. The molecule has 0 aliphatic carbocycles. The van der Waals surface area contributed by atoms with Gasteiger partial charge in [0, 0.05) is 20.9 Å². The van der Waals surface area contributed by atoms with Crippen LogP contribution in [0, 0.1) is 0 Å². The van der Waals surface area contributed by atoms with E-state index >= 15 is 0 Å². The number of aryl methyl sites for hydroxylation is 1. The van der Waals surface area contributed by atoms with Crippen molar-refractivity contribution in [1.82, 2.24) is 0 Å². The molecule has 0 bridgehead atoms. The summed E-state index contributed by atoms with van der Waals surface area (Å²) < 4.78 is 7.09. The zero-order valence-electron chi connectivity index (χ0n) is 9.17. The Morgan fingerprint density at radius 1 is 1.24 bits per heavy atom. The van der Waals surface area contributed by atoms with E-state index in [0.29, 0.717) is 11.3 Å². The first-order chi connectivity index (χ1) is 8.11.